The van der Waals surface area contributed by atoms with Gasteiger partial charge in [0.1, 0.15) is 6.61 Å². The van der Waals surface area contributed by atoms with Gasteiger partial charge in [-0.05, 0) is 29.2 Å². The molecule has 0 bridgehead atoms. The number of nitrogens with zero attached hydrogens (tertiary/aromatic N) is 2. The van der Waals surface area contributed by atoms with Crippen molar-refractivity contribution >= 4 is 16.9 Å². The van der Waals surface area contributed by atoms with Gasteiger partial charge in [0, 0.05) is 12.5 Å². The predicted molar refractivity (Wildman–Crippen MR) is 94.8 cm³/mol. The molecular formula is C18H22N2O2S. The van der Waals surface area contributed by atoms with Gasteiger partial charge in [-0.1, -0.05) is 45.1 Å². The highest BCUT2D eigenvalue weighted by Crippen LogP contribution is 2.36. The van der Waals surface area contributed by atoms with Crippen molar-refractivity contribution in [1.29, 1.82) is 0 Å². The number of fused-ring (bicyclic) bond motifs is 3. The van der Waals surface area contributed by atoms with E-state index < -0.39 is 10.8 Å². The Morgan fingerprint density at radius 1 is 1.30 bits per heavy atom. The number of benzene rings is 1. The molecule has 1 aliphatic heterocycles. The molecule has 1 atom stereocenters. The third-order valence-corrected chi connectivity index (χ3v) is 4.03. The first-order chi connectivity index (χ1) is 11.2. The van der Waals surface area contributed by atoms with Crippen LogP contribution in [0.25, 0.3) is 17.2 Å². The number of ether oxygens (including phenoxy) is 1. The normalized spacial score (nSPS) is 13.4. The highest BCUT2D eigenvalue weighted by Gasteiger charge is 2.20. The summed E-state index contributed by atoms with van der Waals surface area (Å²) in [6.07, 6.45) is 8.51. The van der Waals surface area contributed by atoms with E-state index in [1.165, 1.54) is 0 Å². The van der Waals surface area contributed by atoms with Crippen molar-refractivity contribution in [3.63, 3.8) is 0 Å². The van der Waals surface area contributed by atoms with Crippen molar-refractivity contribution in [2.45, 2.75) is 39.0 Å². The molecule has 1 aromatic carbocycles. The minimum atomic E-state index is -1.20. The third kappa shape index (κ3) is 3.85. The van der Waals surface area contributed by atoms with E-state index in [0.717, 1.165) is 28.7 Å². The van der Waals surface area contributed by atoms with Gasteiger partial charge in [-0.25, -0.2) is 4.98 Å². The molecular weight excluding hydrogens is 308 g/mol. The van der Waals surface area contributed by atoms with Crippen LogP contribution in [-0.2, 0) is 17.4 Å². The average molecular weight is 330 g/mol. The molecule has 0 amide bonds. The van der Waals surface area contributed by atoms with Crippen LogP contribution in [0.15, 0.2) is 35.6 Å². The summed E-state index contributed by atoms with van der Waals surface area (Å²) in [6, 6.07) is 6.26. The molecule has 0 radical (unpaired) electrons. The summed E-state index contributed by atoms with van der Waals surface area (Å²) in [5.74, 6) is 0.513. The molecule has 0 N–H and O–H groups in total. The molecule has 0 saturated heterocycles. The molecule has 0 spiro atoms. The zero-order valence-electron chi connectivity index (χ0n) is 14.0. The van der Waals surface area contributed by atoms with Gasteiger partial charge >= 0.3 is 0 Å². The van der Waals surface area contributed by atoms with Crippen LogP contribution in [0.1, 0.15) is 38.3 Å². The third-order valence-electron chi connectivity index (χ3n) is 3.32. The number of rotatable bonds is 3. The Kier molecular flexibility index (Phi) is 6.04. The topological polar surface area (TPSA) is 52.1 Å². The van der Waals surface area contributed by atoms with Gasteiger partial charge in [0.15, 0.2) is 0 Å². The Balaban J connectivity index is 0.000000924. The number of allylic oxidation sites excluding steroid dienone is 1. The van der Waals surface area contributed by atoms with Gasteiger partial charge in [-0.15, -0.1) is 0 Å². The highest BCUT2D eigenvalue weighted by molar-refractivity contribution is 7.84. The quantitative estimate of drug-likeness (QED) is 0.791. The molecule has 2 aromatic rings. The van der Waals surface area contributed by atoms with E-state index in [1.54, 1.807) is 12.5 Å². The second-order valence-electron chi connectivity index (χ2n) is 4.84. The molecule has 5 heteroatoms. The molecule has 122 valence electrons. The van der Waals surface area contributed by atoms with Crippen molar-refractivity contribution in [2.24, 2.45) is 0 Å². The summed E-state index contributed by atoms with van der Waals surface area (Å²) in [4.78, 5) is 8.39. The number of hydrogen-bond acceptors (Lipinski definition) is 4. The molecule has 2 heterocycles. The van der Waals surface area contributed by atoms with Gasteiger partial charge in [-0.3, -0.25) is 4.21 Å². The fraction of sp³-hybridized carbons (Fsp3) is 0.333. The Hall–Kier alpha value is -2.01. The van der Waals surface area contributed by atoms with E-state index in [0.29, 0.717) is 17.6 Å². The average Bonchev–Trinajstić information content (AvgIpc) is 2.60. The zero-order chi connectivity index (χ0) is 16.8. The zero-order valence-corrected chi connectivity index (χ0v) is 14.8. The molecule has 3 rings (SSSR count). The molecule has 0 fully saturated rings. The maximum atomic E-state index is 11.4. The first kappa shape index (κ1) is 17.3. The summed E-state index contributed by atoms with van der Waals surface area (Å²) >= 11 is 0. The van der Waals surface area contributed by atoms with Crippen molar-refractivity contribution in [3.8, 4) is 17.0 Å². The van der Waals surface area contributed by atoms with Gasteiger partial charge < -0.3 is 4.74 Å². The fourth-order valence-corrected chi connectivity index (χ4v) is 2.70. The molecule has 23 heavy (non-hydrogen) atoms. The summed E-state index contributed by atoms with van der Waals surface area (Å²) in [6.45, 7) is 6.59. The van der Waals surface area contributed by atoms with Gasteiger partial charge in [-0.2, -0.15) is 4.98 Å². The monoisotopic (exact) mass is 330 g/mol. The first-order valence-corrected chi connectivity index (χ1v) is 9.38. The van der Waals surface area contributed by atoms with Crippen LogP contribution in [0.2, 0.25) is 0 Å². The second-order valence-corrected chi connectivity index (χ2v) is 6.11. The van der Waals surface area contributed by atoms with Gasteiger partial charge in [0.25, 0.3) is 0 Å². The molecule has 0 saturated carbocycles. The van der Waals surface area contributed by atoms with E-state index in [9.17, 15) is 4.21 Å². The van der Waals surface area contributed by atoms with Crippen LogP contribution in [-0.4, -0.2) is 20.4 Å². The molecule has 1 unspecified atom stereocenters. The van der Waals surface area contributed by atoms with Crippen LogP contribution in [0.4, 0.5) is 0 Å². The van der Waals surface area contributed by atoms with Gasteiger partial charge in [0.2, 0.25) is 11.0 Å². The maximum Gasteiger partial charge on any atom is 0.225 e. The largest absolute Gasteiger partial charge is 0.472 e. The molecule has 1 aliphatic rings. The SMILES string of the molecule is CC.CC/C=C/c1ccc2c(c1)COc1nc(S(C)=O)ncc1-2. The Morgan fingerprint density at radius 2 is 2.09 bits per heavy atom. The molecule has 4 nitrogen and oxygen atoms in total. The van der Waals surface area contributed by atoms with Crippen molar-refractivity contribution in [1.82, 2.24) is 9.97 Å². The Labute approximate surface area is 140 Å². The smallest absolute Gasteiger partial charge is 0.225 e. The number of hydrogen-bond donors (Lipinski definition) is 0. The van der Waals surface area contributed by atoms with E-state index in [1.807, 2.05) is 13.8 Å². The van der Waals surface area contributed by atoms with Crippen LogP contribution >= 0.6 is 0 Å². The maximum absolute atomic E-state index is 11.4. The standard InChI is InChI=1S/C16H16N2O2S.C2H6/c1-3-4-5-11-6-7-13-12(8-11)10-20-15-14(13)9-17-16(18-15)21(2)19;1-2/h4-9H,3,10H2,1-2H3;1-2H3/b5-4+;. The summed E-state index contributed by atoms with van der Waals surface area (Å²) in [5.41, 5.74) is 4.22. The van der Waals surface area contributed by atoms with Gasteiger partial charge in [0.05, 0.1) is 16.4 Å². The highest BCUT2D eigenvalue weighted by atomic mass is 32.2. The van der Waals surface area contributed by atoms with Crippen LogP contribution in [0.3, 0.4) is 0 Å². The molecule has 1 aromatic heterocycles. The fourth-order valence-electron chi connectivity index (χ4n) is 2.28. The number of aromatic nitrogens is 2. The predicted octanol–water partition coefficient (Wildman–Crippen LogP) is 4.22. The Bertz CT molecular complexity index is 742. The Morgan fingerprint density at radius 3 is 2.78 bits per heavy atom. The first-order valence-electron chi connectivity index (χ1n) is 7.82. The van der Waals surface area contributed by atoms with E-state index in [2.05, 4.69) is 47.2 Å². The van der Waals surface area contributed by atoms with Crippen LogP contribution in [0, 0.1) is 0 Å². The minimum absolute atomic E-state index is 0.305. The van der Waals surface area contributed by atoms with Crippen LogP contribution < -0.4 is 4.74 Å². The van der Waals surface area contributed by atoms with Crippen LogP contribution in [0.5, 0.6) is 5.88 Å². The van der Waals surface area contributed by atoms with E-state index in [4.69, 9.17) is 4.74 Å². The lowest BCUT2D eigenvalue weighted by Crippen LogP contribution is -2.09. The summed E-state index contributed by atoms with van der Waals surface area (Å²) in [7, 11) is -1.20. The van der Waals surface area contributed by atoms with Crippen molar-refractivity contribution < 1.29 is 8.95 Å². The second kappa shape index (κ2) is 8.02. The molecule has 0 aliphatic carbocycles. The lowest BCUT2D eigenvalue weighted by molar-refractivity contribution is 0.286. The van der Waals surface area contributed by atoms with E-state index in [-0.39, 0.29) is 0 Å². The van der Waals surface area contributed by atoms with E-state index >= 15 is 0 Å². The summed E-state index contributed by atoms with van der Waals surface area (Å²) < 4.78 is 17.1. The summed E-state index contributed by atoms with van der Waals surface area (Å²) in [5, 5.41) is 0.305. The lowest BCUT2D eigenvalue weighted by Gasteiger charge is -2.20. The van der Waals surface area contributed by atoms with Crippen molar-refractivity contribution in [2.75, 3.05) is 6.26 Å². The minimum Gasteiger partial charge on any atom is -0.472 e. The lowest BCUT2D eigenvalue weighted by atomic mass is 9.97. The van der Waals surface area contributed by atoms with Crippen molar-refractivity contribution in [3.05, 3.63) is 41.6 Å².